The standard InChI is InChI=1S/C17H17N3/c1-13-19-10-11-20(13)12-14-6-8-15(9-7-14)16-4-2-3-5-17(16)18/h2-11H,12,18H2,1H3. The molecule has 3 nitrogen and oxygen atoms in total. The summed E-state index contributed by atoms with van der Waals surface area (Å²) in [5.74, 6) is 1.03. The number of para-hydroxylation sites is 1. The molecule has 1 aromatic heterocycles. The highest BCUT2D eigenvalue weighted by atomic mass is 15.0. The van der Waals surface area contributed by atoms with Gasteiger partial charge in [-0.15, -0.1) is 0 Å². The van der Waals surface area contributed by atoms with Crippen molar-refractivity contribution in [2.75, 3.05) is 5.73 Å². The van der Waals surface area contributed by atoms with E-state index in [0.717, 1.165) is 29.2 Å². The fraction of sp³-hybridized carbons (Fsp3) is 0.118. The van der Waals surface area contributed by atoms with Crippen molar-refractivity contribution in [2.24, 2.45) is 0 Å². The molecule has 0 aliphatic carbocycles. The summed E-state index contributed by atoms with van der Waals surface area (Å²) in [7, 11) is 0. The number of nitrogens with zero attached hydrogens (tertiary/aromatic N) is 2. The Bertz CT molecular complexity index is 711. The third kappa shape index (κ3) is 2.43. The second-order valence-electron chi connectivity index (χ2n) is 4.89. The Hall–Kier alpha value is -2.55. The molecule has 3 heteroatoms. The van der Waals surface area contributed by atoms with E-state index in [4.69, 9.17) is 5.73 Å². The van der Waals surface area contributed by atoms with Crippen molar-refractivity contribution in [3.8, 4) is 11.1 Å². The number of aryl methyl sites for hydroxylation is 1. The number of nitrogen functional groups attached to an aromatic ring is 1. The molecule has 1 heterocycles. The Labute approximate surface area is 118 Å². The number of benzene rings is 2. The Morgan fingerprint density at radius 1 is 1.05 bits per heavy atom. The predicted molar refractivity (Wildman–Crippen MR) is 82.4 cm³/mol. The molecule has 3 aromatic rings. The van der Waals surface area contributed by atoms with Crippen molar-refractivity contribution in [3.05, 3.63) is 72.3 Å². The van der Waals surface area contributed by atoms with Crippen LogP contribution in [0.15, 0.2) is 60.9 Å². The van der Waals surface area contributed by atoms with Crippen LogP contribution in [0.25, 0.3) is 11.1 Å². The zero-order valence-corrected chi connectivity index (χ0v) is 11.5. The average Bonchev–Trinajstić information content (AvgIpc) is 2.86. The van der Waals surface area contributed by atoms with Crippen LogP contribution in [-0.4, -0.2) is 9.55 Å². The van der Waals surface area contributed by atoms with E-state index in [1.54, 1.807) is 0 Å². The van der Waals surface area contributed by atoms with Crippen molar-refractivity contribution in [3.63, 3.8) is 0 Å². The first kappa shape index (κ1) is 12.5. The van der Waals surface area contributed by atoms with E-state index >= 15 is 0 Å². The number of anilines is 1. The summed E-state index contributed by atoms with van der Waals surface area (Å²) in [6.07, 6.45) is 3.83. The molecule has 3 rings (SSSR count). The third-order valence-electron chi connectivity index (χ3n) is 3.50. The highest BCUT2D eigenvalue weighted by molar-refractivity contribution is 5.76. The van der Waals surface area contributed by atoms with Gasteiger partial charge in [-0.3, -0.25) is 0 Å². The number of nitrogens with two attached hydrogens (primary N) is 1. The minimum absolute atomic E-state index is 0.811. The van der Waals surface area contributed by atoms with E-state index in [1.165, 1.54) is 5.56 Å². The largest absolute Gasteiger partial charge is 0.398 e. The maximum Gasteiger partial charge on any atom is 0.105 e. The zero-order chi connectivity index (χ0) is 13.9. The van der Waals surface area contributed by atoms with Crippen LogP contribution in [-0.2, 0) is 6.54 Å². The summed E-state index contributed by atoms with van der Waals surface area (Å²) in [4.78, 5) is 4.24. The molecule has 20 heavy (non-hydrogen) atoms. The summed E-state index contributed by atoms with van der Waals surface area (Å²) in [5, 5.41) is 0. The van der Waals surface area contributed by atoms with Crippen molar-refractivity contribution in [1.82, 2.24) is 9.55 Å². The summed E-state index contributed by atoms with van der Waals surface area (Å²) in [6, 6.07) is 16.5. The molecule has 0 fully saturated rings. The molecular weight excluding hydrogens is 246 g/mol. The lowest BCUT2D eigenvalue weighted by Gasteiger charge is -2.08. The molecule has 100 valence electrons. The smallest absolute Gasteiger partial charge is 0.105 e. The Morgan fingerprint density at radius 3 is 2.45 bits per heavy atom. The van der Waals surface area contributed by atoms with Crippen LogP contribution in [0.5, 0.6) is 0 Å². The maximum absolute atomic E-state index is 6.01. The quantitative estimate of drug-likeness (QED) is 0.735. The molecule has 0 bridgehead atoms. The minimum Gasteiger partial charge on any atom is -0.398 e. The summed E-state index contributed by atoms with van der Waals surface area (Å²) in [5.41, 5.74) is 10.3. The predicted octanol–water partition coefficient (Wildman–Crippen LogP) is 3.49. The second-order valence-corrected chi connectivity index (χ2v) is 4.89. The van der Waals surface area contributed by atoms with Gasteiger partial charge in [0.15, 0.2) is 0 Å². The molecule has 0 saturated heterocycles. The number of imidazole rings is 1. The van der Waals surface area contributed by atoms with Crippen molar-refractivity contribution in [1.29, 1.82) is 0 Å². The number of hydrogen-bond acceptors (Lipinski definition) is 2. The summed E-state index contributed by atoms with van der Waals surface area (Å²) < 4.78 is 2.13. The van der Waals surface area contributed by atoms with Crippen LogP contribution in [0, 0.1) is 6.92 Å². The second kappa shape index (κ2) is 5.21. The monoisotopic (exact) mass is 263 g/mol. The summed E-state index contributed by atoms with van der Waals surface area (Å²) >= 11 is 0. The molecule has 0 unspecified atom stereocenters. The molecule has 0 atom stereocenters. The van der Waals surface area contributed by atoms with E-state index in [1.807, 2.05) is 43.6 Å². The lowest BCUT2D eigenvalue weighted by Crippen LogP contribution is -2.00. The van der Waals surface area contributed by atoms with Crippen LogP contribution in [0.4, 0.5) is 5.69 Å². The minimum atomic E-state index is 0.811. The Balaban J connectivity index is 1.85. The van der Waals surface area contributed by atoms with Crippen molar-refractivity contribution in [2.45, 2.75) is 13.5 Å². The summed E-state index contributed by atoms with van der Waals surface area (Å²) in [6.45, 7) is 2.86. The molecule has 0 aliphatic heterocycles. The highest BCUT2D eigenvalue weighted by Gasteiger charge is 2.03. The van der Waals surface area contributed by atoms with Crippen LogP contribution in [0.1, 0.15) is 11.4 Å². The van der Waals surface area contributed by atoms with Gasteiger partial charge in [-0.2, -0.15) is 0 Å². The molecule has 2 aromatic carbocycles. The van der Waals surface area contributed by atoms with E-state index < -0.39 is 0 Å². The first-order chi connectivity index (χ1) is 9.74. The van der Waals surface area contributed by atoms with Crippen molar-refractivity contribution >= 4 is 5.69 Å². The van der Waals surface area contributed by atoms with Crippen LogP contribution >= 0.6 is 0 Å². The fourth-order valence-electron chi connectivity index (χ4n) is 2.32. The Morgan fingerprint density at radius 2 is 1.80 bits per heavy atom. The molecule has 0 radical (unpaired) electrons. The van der Waals surface area contributed by atoms with Gasteiger partial charge in [0.25, 0.3) is 0 Å². The van der Waals surface area contributed by atoms with Gasteiger partial charge in [0, 0.05) is 30.2 Å². The van der Waals surface area contributed by atoms with Crippen LogP contribution in [0.2, 0.25) is 0 Å². The van der Waals surface area contributed by atoms with E-state index in [9.17, 15) is 0 Å². The molecule has 2 N–H and O–H groups in total. The van der Waals surface area contributed by atoms with Gasteiger partial charge < -0.3 is 10.3 Å². The van der Waals surface area contributed by atoms with Gasteiger partial charge >= 0.3 is 0 Å². The topological polar surface area (TPSA) is 43.8 Å². The van der Waals surface area contributed by atoms with E-state index in [2.05, 4.69) is 33.8 Å². The third-order valence-corrected chi connectivity index (χ3v) is 3.50. The number of hydrogen-bond donors (Lipinski definition) is 1. The van der Waals surface area contributed by atoms with Crippen molar-refractivity contribution < 1.29 is 0 Å². The zero-order valence-electron chi connectivity index (χ0n) is 11.5. The molecule has 0 amide bonds. The lowest BCUT2D eigenvalue weighted by molar-refractivity contribution is 0.762. The first-order valence-electron chi connectivity index (χ1n) is 6.65. The van der Waals surface area contributed by atoms with Gasteiger partial charge in [-0.1, -0.05) is 42.5 Å². The SMILES string of the molecule is Cc1nccn1Cc1ccc(-c2ccccc2N)cc1. The van der Waals surface area contributed by atoms with Gasteiger partial charge in [-0.25, -0.2) is 4.98 Å². The lowest BCUT2D eigenvalue weighted by atomic mass is 10.0. The molecule has 0 aliphatic rings. The maximum atomic E-state index is 6.01. The normalized spacial score (nSPS) is 10.7. The number of rotatable bonds is 3. The van der Waals surface area contributed by atoms with Gasteiger partial charge in [0.05, 0.1) is 0 Å². The molecule has 0 spiro atoms. The Kier molecular flexibility index (Phi) is 3.25. The highest BCUT2D eigenvalue weighted by Crippen LogP contribution is 2.25. The number of aromatic nitrogens is 2. The average molecular weight is 263 g/mol. The van der Waals surface area contributed by atoms with E-state index in [-0.39, 0.29) is 0 Å². The van der Waals surface area contributed by atoms with Gasteiger partial charge in [-0.05, 0) is 24.1 Å². The van der Waals surface area contributed by atoms with Gasteiger partial charge in [0.2, 0.25) is 0 Å². The van der Waals surface area contributed by atoms with E-state index in [0.29, 0.717) is 0 Å². The molecule has 0 saturated carbocycles. The van der Waals surface area contributed by atoms with Gasteiger partial charge in [0.1, 0.15) is 5.82 Å². The molecular formula is C17H17N3. The fourth-order valence-corrected chi connectivity index (χ4v) is 2.32. The first-order valence-corrected chi connectivity index (χ1v) is 6.65. The van der Waals surface area contributed by atoms with Crippen LogP contribution in [0.3, 0.4) is 0 Å². The van der Waals surface area contributed by atoms with Crippen LogP contribution < -0.4 is 5.73 Å².